The van der Waals surface area contributed by atoms with Gasteiger partial charge in [0.05, 0.1) is 10.6 Å². The van der Waals surface area contributed by atoms with Crippen molar-refractivity contribution in [3.05, 3.63) is 59.6 Å². The Hall–Kier alpha value is -2.38. The van der Waals surface area contributed by atoms with Crippen molar-refractivity contribution in [1.29, 1.82) is 0 Å². The predicted molar refractivity (Wildman–Crippen MR) is 127 cm³/mol. The molecule has 1 amide bonds. The fourth-order valence-electron chi connectivity index (χ4n) is 3.03. The number of carbonyl (C=O) groups excluding carboxylic acids is 1. The zero-order valence-corrected chi connectivity index (χ0v) is 19.6. The zero-order valence-electron chi connectivity index (χ0n) is 18.1. The molecule has 0 heterocycles. The minimum Gasteiger partial charge on any atom is -0.271 e. The topological polar surface area (TPSA) is 78.8 Å². The maximum Gasteiger partial charge on any atom is 0.264 e. The number of unbranched alkanes of at least 4 members (excludes halogenated alkanes) is 4. The standard InChI is InChI=1S/C23H30ClN3O3S/c1-3-4-5-6-8-12-19(2)25-26-23(28)18-27(21-14-11-13-20(24)17-21)31(29,30)22-15-9-7-10-16-22/h7,9-11,13-17H,3-6,8,12,18H2,1-2H3,(H,26,28)/b25-19+. The van der Waals surface area contributed by atoms with E-state index in [2.05, 4.69) is 17.5 Å². The van der Waals surface area contributed by atoms with E-state index in [0.717, 1.165) is 29.3 Å². The number of halogens is 1. The van der Waals surface area contributed by atoms with Crippen LogP contribution in [0.3, 0.4) is 0 Å². The lowest BCUT2D eigenvalue weighted by atomic mass is 10.1. The number of carbonyl (C=O) groups is 1. The molecule has 0 bridgehead atoms. The molecule has 0 aliphatic heterocycles. The summed E-state index contributed by atoms with van der Waals surface area (Å²) in [6.07, 6.45) is 6.56. The minimum absolute atomic E-state index is 0.0922. The second-order valence-corrected chi connectivity index (χ2v) is 9.65. The van der Waals surface area contributed by atoms with Gasteiger partial charge in [0.1, 0.15) is 6.54 Å². The third-order valence-corrected chi connectivity index (χ3v) is 6.75. The highest BCUT2D eigenvalue weighted by molar-refractivity contribution is 7.92. The number of benzene rings is 2. The van der Waals surface area contributed by atoms with E-state index in [1.54, 1.807) is 36.4 Å². The van der Waals surface area contributed by atoms with Crippen LogP contribution in [0.1, 0.15) is 52.4 Å². The molecule has 0 aliphatic carbocycles. The largest absolute Gasteiger partial charge is 0.271 e. The molecule has 0 spiro atoms. The maximum atomic E-state index is 13.2. The van der Waals surface area contributed by atoms with Crippen LogP contribution in [0.25, 0.3) is 0 Å². The van der Waals surface area contributed by atoms with Gasteiger partial charge in [-0.15, -0.1) is 0 Å². The van der Waals surface area contributed by atoms with Crippen LogP contribution in [0.5, 0.6) is 0 Å². The molecular weight excluding hydrogens is 434 g/mol. The van der Waals surface area contributed by atoms with E-state index in [4.69, 9.17) is 11.6 Å². The summed E-state index contributed by atoms with van der Waals surface area (Å²) in [4.78, 5) is 12.6. The lowest BCUT2D eigenvalue weighted by molar-refractivity contribution is -0.119. The van der Waals surface area contributed by atoms with Gasteiger partial charge < -0.3 is 0 Å². The molecule has 0 aromatic heterocycles. The summed E-state index contributed by atoms with van der Waals surface area (Å²) >= 11 is 6.06. The minimum atomic E-state index is -3.96. The van der Waals surface area contributed by atoms with E-state index < -0.39 is 22.5 Å². The number of nitrogens with zero attached hydrogens (tertiary/aromatic N) is 2. The van der Waals surface area contributed by atoms with Crippen molar-refractivity contribution in [3.8, 4) is 0 Å². The van der Waals surface area contributed by atoms with Gasteiger partial charge in [0.25, 0.3) is 15.9 Å². The Bertz CT molecular complexity index is 979. The third-order valence-electron chi connectivity index (χ3n) is 4.73. The average Bonchev–Trinajstić information content (AvgIpc) is 2.76. The van der Waals surface area contributed by atoms with Gasteiger partial charge in [0.15, 0.2) is 0 Å². The highest BCUT2D eigenvalue weighted by Crippen LogP contribution is 2.25. The summed E-state index contributed by atoms with van der Waals surface area (Å²) in [7, 11) is -3.96. The first-order valence-corrected chi connectivity index (χ1v) is 12.3. The first-order valence-electron chi connectivity index (χ1n) is 10.5. The van der Waals surface area contributed by atoms with Gasteiger partial charge >= 0.3 is 0 Å². The molecule has 0 atom stereocenters. The van der Waals surface area contributed by atoms with Crippen LogP contribution in [0, 0.1) is 0 Å². The van der Waals surface area contributed by atoms with Gasteiger partial charge in [0, 0.05) is 10.7 Å². The summed E-state index contributed by atoms with van der Waals surface area (Å²) in [5.41, 5.74) is 3.60. The van der Waals surface area contributed by atoms with E-state index in [1.807, 2.05) is 6.92 Å². The first-order chi connectivity index (χ1) is 14.8. The van der Waals surface area contributed by atoms with Crippen LogP contribution in [0.15, 0.2) is 64.6 Å². The van der Waals surface area contributed by atoms with Gasteiger partial charge in [0.2, 0.25) is 0 Å². The Morgan fingerprint density at radius 3 is 2.42 bits per heavy atom. The Balaban J connectivity index is 2.11. The molecule has 0 saturated carbocycles. The molecule has 6 nitrogen and oxygen atoms in total. The summed E-state index contributed by atoms with van der Waals surface area (Å²) in [6, 6.07) is 14.4. The van der Waals surface area contributed by atoms with Crippen molar-refractivity contribution in [2.24, 2.45) is 5.10 Å². The number of hydrogen-bond acceptors (Lipinski definition) is 4. The Morgan fingerprint density at radius 2 is 1.74 bits per heavy atom. The van der Waals surface area contributed by atoms with Gasteiger partial charge in [-0.1, -0.05) is 68.5 Å². The van der Waals surface area contributed by atoms with E-state index in [0.29, 0.717) is 10.7 Å². The molecule has 0 saturated heterocycles. The zero-order chi connectivity index (χ0) is 22.7. The van der Waals surface area contributed by atoms with Crippen LogP contribution in [-0.2, 0) is 14.8 Å². The van der Waals surface area contributed by atoms with Crippen LogP contribution < -0.4 is 9.73 Å². The van der Waals surface area contributed by atoms with E-state index in [-0.39, 0.29) is 4.90 Å². The second kappa shape index (κ2) is 12.5. The number of hydrogen-bond donors (Lipinski definition) is 1. The summed E-state index contributed by atoms with van der Waals surface area (Å²) in [5, 5.41) is 4.51. The maximum absolute atomic E-state index is 13.2. The lowest BCUT2D eigenvalue weighted by Gasteiger charge is -2.23. The number of rotatable bonds is 12. The van der Waals surface area contributed by atoms with Crippen LogP contribution in [-0.4, -0.2) is 26.6 Å². The molecule has 2 aromatic carbocycles. The monoisotopic (exact) mass is 463 g/mol. The molecule has 168 valence electrons. The van der Waals surface area contributed by atoms with Crippen molar-refractivity contribution in [2.45, 2.75) is 57.3 Å². The second-order valence-electron chi connectivity index (χ2n) is 7.35. The number of anilines is 1. The lowest BCUT2D eigenvalue weighted by Crippen LogP contribution is -2.39. The van der Waals surface area contributed by atoms with Crippen molar-refractivity contribution < 1.29 is 13.2 Å². The summed E-state index contributed by atoms with van der Waals surface area (Å²) in [5.74, 6) is -0.523. The van der Waals surface area contributed by atoms with Crippen LogP contribution >= 0.6 is 11.6 Å². The highest BCUT2D eigenvalue weighted by Gasteiger charge is 2.27. The quantitative estimate of drug-likeness (QED) is 0.260. The molecule has 8 heteroatoms. The average molecular weight is 464 g/mol. The van der Waals surface area contributed by atoms with Gasteiger partial charge in [-0.3, -0.25) is 9.10 Å². The number of sulfonamides is 1. The molecule has 0 radical (unpaired) electrons. The molecule has 2 aromatic rings. The fraction of sp³-hybridized carbons (Fsp3) is 0.391. The Kier molecular flexibility index (Phi) is 10.0. The van der Waals surface area contributed by atoms with Crippen LogP contribution in [0.2, 0.25) is 5.02 Å². The Morgan fingerprint density at radius 1 is 1.03 bits per heavy atom. The summed E-state index contributed by atoms with van der Waals surface area (Å²) in [6.45, 7) is 3.62. The van der Waals surface area contributed by atoms with Crippen molar-refractivity contribution >= 4 is 38.9 Å². The van der Waals surface area contributed by atoms with Gasteiger partial charge in [-0.05, 0) is 50.1 Å². The molecule has 0 aliphatic rings. The van der Waals surface area contributed by atoms with E-state index >= 15 is 0 Å². The fourth-order valence-corrected chi connectivity index (χ4v) is 4.65. The Labute approximate surface area is 190 Å². The van der Waals surface area contributed by atoms with E-state index in [9.17, 15) is 13.2 Å². The van der Waals surface area contributed by atoms with Crippen LogP contribution in [0.4, 0.5) is 5.69 Å². The van der Waals surface area contributed by atoms with Crippen molar-refractivity contribution in [2.75, 3.05) is 10.8 Å². The number of hydrazone groups is 1. The SMILES string of the molecule is CCCCCCC/C(C)=N/NC(=O)CN(c1cccc(Cl)c1)S(=O)(=O)c1ccccc1. The normalized spacial score (nSPS) is 11.9. The molecule has 2 rings (SSSR count). The predicted octanol–water partition coefficient (Wildman–Crippen LogP) is 5.39. The smallest absolute Gasteiger partial charge is 0.264 e. The number of nitrogens with one attached hydrogen (secondary N) is 1. The first kappa shape index (κ1) is 24.9. The van der Waals surface area contributed by atoms with Crippen molar-refractivity contribution in [1.82, 2.24) is 5.43 Å². The molecule has 31 heavy (non-hydrogen) atoms. The van der Waals surface area contributed by atoms with E-state index in [1.165, 1.54) is 37.5 Å². The summed E-state index contributed by atoms with van der Waals surface area (Å²) < 4.78 is 27.5. The van der Waals surface area contributed by atoms with Gasteiger partial charge in [-0.25, -0.2) is 13.8 Å². The third kappa shape index (κ3) is 7.99. The molecule has 1 N–H and O–H groups in total. The number of amides is 1. The van der Waals surface area contributed by atoms with Crippen molar-refractivity contribution in [3.63, 3.8) is 0 Å². The van der Waals surface area contributed by atoms with Gasteiger partial charge in [-0.2, -0.15) is 5.10 Å². The highest BCUT2D eigenvalue weighted by atomic mass is 35.5. The molecule has 0 fully saturated rings. The molecule has 0 unspecified atom stereocenters. The molecular formula is C23H30ClN3O3S.